The van der Waals surface area contributed by atoms with E-state index < -0.39 is 8.60 Å². The van der Waals surface area contributed by atoms with Gasteiger partial charge in [0.1, 0.15) is 0 Å². The fraction of sp³-hybridized carbons (Fsp3) is 1.00. The summed E-state index contributed by atoms with van der Waals surface area (Å²) in [4.78, 5) is 0. The molecule has 0 heterocycles. The molecule has 3 nitrogen and oxygen atoms in total. The normalized spacial score (nSPS) is 17.2. The van der Waals surface area contributed by atoms with Crippen LogP contribution < -0.4 is 0 Å². The van der Waals surface area contributed by atoms with Crippen LogP contribution in [0, 0.1) is 17.8 Å². The van der Waals surface area contributed by atoms with Crippen LogP contribution in [0.3, 0.4) is 0 Å². The summed E-state index contributed by atoms with van der Waals surface area (Å²) in [5.41, 5.74) is 0. The highest BCUT2D eigenvalue weighted by atomic mass is 31.2. The van der Waals surface area contributed by atoms with Crippen molar-refractivity contribution in [3.05, 3.63) is 0 Å². The Hall–Kier alpha value is 0.310. The van der Waals surface area contributed by atoms with E-state index in [-0.39, 0.29) is 0 Å². The molecule has 0 aliphatic carbocycles. The molecule has 0 bridgehead atoms. The maximum absolute atomic E-state index is 5.87. The first-order valence-corrected chi connectivity index (χ1v) is 10.3. The van der Waals surface area contributed by atoms with E-state index in [1.54, 1.807) is 0 Å². The van der Waals surface area contributed by atoms with E-state index in [4.69, 9.17) is 13.6 Å². The molecule has 4 heteroatoms. The van der Waals surface area contributed by atoms with Gasteiger partial charge in [0.15, 0.2) is 0 Å². The molecular weight excluding hydrogens is 295 g/mol. The summed E-state index contributed by atoms with van der Waals surface area (Å²) in [5.74, 6) is 2.12. The van der Waals surface area contributed by atoms with Crippen LogP contribution in [0.25, 0.3) is 0 Å². The van der Waals surface area contributed by atoms with Crippen molar-refractivity contribution in [3.8, 4) is 0 Å². The van der Waals surface area contributed by atoms with Crippen molar-refractivity contribution >= 4 is 8.60 Å². The molecule has 0 aromatic heterocycles. The van der Waals surface area contributed by atoms with E-state index in [9.17, 15) is 0 Å². The Bertz CT molecular complexity index is 200. The van der Waals surface area contributed by atoms with Gasteiger partial charge in [-0.15, -0.1) is 0 Å². The van der Waals surface area contributed by atoms with Crippen LogP contribution in [0.5, 0.6) is 0 Å². The van der Waals surface area contributed by atoms with Crippen LogP contribution in [0.1, 0.15) is 80.1 Å². The SMILES string of the molecule is CCC(C)CCOP(OCCC(C)CC)OCCC(C)CC. The third-order valence-corrected chi connectivity index (χ3v) is 5.69. The average molecular weight is 334 g/mol. The van der Waals surface area contributed by atoms with Gasteiger partial charge in [0.25, 0.3) is 0 Å². The van der Waals surface area contributed by atoms with E-state index in [0.717, 1.165) is 39.1 Å². The lowest BCUT2D eigenvalue weighted by molar-refractivity contribution is 0.143. The van der Waals surface area contributed by atoms with Crippen molar-refractivity contribution in [3.63, 3.8) is 0 Å². The molecule has 0 saturated carbocycles. The minimum absolute atomic E-state index is 0.706. The maximum Gasteiger partial charge on any atom is 0.332 e. The smallest absolute Gasteiger partial charge is 0.312 e. The summed E-state index contributed by atoms with van der Waals surface area (Å²) < 4.78 is 17.6. The molecule has 0 aliphatic rings. The molecule has 0 radical (unpaired) electrons. The first-order chi connectivity index (χ1) is 10.5. The van der Waals surface area contributed by atoms with Gasteiger partial charge in [-0.1, -0.05) is 60.8 Å². The second-order valence-electron chi connectivity index (χ2n) is 6.63. The van der Waals surface area contributed by atoms with E-state index in [0.29, 0.717) is 17.8 Å². The Morgan fingerprint density at radius 1 is 0.591 bits per heavy atom. The van der Waals surface area contributed by atoms with Crippen LogP contribution >= 0.6 is 8.60 Å². The minimum atomic E-state index is -1.17. The summed E-state index contributed by atoms with van der Waals surface area (Å²) in [7, 11) is -1.17. The monoisotopic (exact) mass is 334 g/mol. The van der Waals surface area contributed by atoms with Gasteiger partial charge in [-0.05, 0) is 37.0 Å². The van der Waals surface area contributed by atoms with Gasteiger partial charge in [-0.3, -0.25) is 0 Å². The van der Waals surface area contributed by atoms with Gasteiger partial charge >= 0.3 is 8.60 Å². The first kappa shape index (κ1) is 22.3. The molecule has 0 N–H and O–H groups in total. The molecule has 3 unspecified atom stereocenters. The predicted molar refractivity (Wildman–Crippen MR) is 97.0 cm³/mol. The fourth-order valence-electron chi connectivity index (χ4n) is 1.71. The van der Waals surface area contributed by atoms with E-state index >= 15 is 0 Å². The lowest BCUT2D eigenvalue weighted by atomic mass is 10.1. The Morgan fingerprint density at radius 3 is 1.09 bits per heavy atom. The predicted octanol–water partition coefficient (Wildman–Crippen LogP) is 6.57. The molecule has 3 atom stereocenters. The average Bonchev–Trinajstić information content (AvgIpc) is 2.53. The summed E-state index contributed by atoms with van der Waals surface area (Å²) >= 11 is 0. The molecule has 22 heavy (non-hydrogen) atoms. The summed E-state index contributed by atoms with van der Waals surface area (Å²) in [6, 6.07) is 0. The molecule has 0 fully saturated rings. The zero-order chi connectivity index (χ0) is 16.8. The molecule has 0 aromatic rings. The summed E-state index contributed by atoms with van der Waals surface area (Å²) in [5, 5.41) is 0. The second kappa shape index (κ2) is 14.9. The zero-order valence-corrected chi connectivity index (χ0v) is 16.7. The van der Waals surface area contributed by atoms with Crippen molar-refractivity contribution in [1.29, 1.82) is 0 Å². The summed E-state index contributed by atoms with van der Waals surface area (Å²) in [6.45, 7) is 15.7. The Morgan fingerprint density at radius 2 is 0.864 bits per heavy atom. The second-order valence-corrected chi connectivity index (χ2v) is 7.85. The zero-order valence-electron chi connectivity index (χ0n) is 15.8. The first-order valence-electron chi connectivity index (χ1n) is 9.22. The van der Waals surface area contributed by atoms with Crippen LogP contribution in [0.4, 0.5) is 0 Å². The van der Waals surface area contributed by atoms with E-state index in [1.165, 1.54) is 19.3 Å². The molecule has 0 amide bonds. The van der Waals surface area contributed by atoms with Crippen molar-refractivity contribution in [1.82, 2.24) is 0 Å². The van der Waals surface area contributed by atoms with Crippen LogP contribution in [-0.2, 0) is 13.6 Å². The van der Waals surface area contributed by atoms with Crippen molar-refractivity contribution in [2.45, 2.75) is 80.1 Å². The summed E-state index contributed by atoms with van der Waals surface area (Å²) in [6.07, 6.45) is 6.84. The number of hydrogen-bond acceptors (Lipinski definition) is 3. The molecule has 134 valence electrons. The molecule has 0 saturated heterocycles. The standard InChI is InChI=1S/C18H39O3P/c1-7-16(4)10-13-19-22(20-14-11-17(5)8-2)21-15-12-18(6)9-3/h16-18H,7-15H2,1-6H3. The maximum atomic E-state index is 5.87. The van der Waals surface area contributed by atoms with E-state index in [2.05, 4.69) is 41.5 Å². The highest BCUT2D eigenvalue weighted by Gasteiger charge is 2.14. The minimum Gasteiger partial charge on any atom is -0.312 e. The third-order valence-electron chi connectivity index (χ3n) is 4.51. The van der Waals surface area contributed by atoms with Crippen molar-refractivity contribution in [2.75, 3.05) is 19.8 Å². The lowest BCUT2D eigenvalue weighted by Gasteiger charge is -2.19. The Kier molecular flexibility index (Phi) is 15.1. The third kappa shape index (κ3) is 12.8. The van der Waals surface area contributed by atoms with Crippen LogP contribution in [-0.4, -0.2) is 19.8 Å². The highest BCUT2D eigenvalue weighted by molar-refractivity contribution is 7.41. The van der Waals surface area contributed by atoms with E-state index in [1.807, 2.05) is 0 Å². The van der Waals surface area contributed by atoms with Gasteiger partial charge in [0.2, 0.25) is 0 Å². The number of hydrogen-bond donors (Lipinski definition) is 0. The molecule has 0 rings (SSSR count). The topological polar surface area (TPSA) is 27.7 Å². The Labute approximate surface area is 140 Å². The van der Waals surface area contributed by atoms with Crippen molar-refractivity contribution < 1.29 is 13.6 Å². The quantitative estimate of drug-likeness (QED) is 0.317. The number of rotatable bonds is 15. The van der Waals surface area contributed by atoms with Crippen LogP contribution in [0.2, 0.25) is 0 Å². The van der Waals surface area contributed by atoms with Gasteiger partial charge in [-0.2, -0.15) is 0 Å². The largest absolute Gasteiger partial charge is 0.332 e. The lowest BCUT2D eigenvalue weighted by Crippen LogP contribution is -2.06. The van der Waals surface area contributed by atoms with Gasteiger partial charge in [-0.25, -0.2) is 0 Å². The van der Waals surface area contributed by atoms with Gasteiger partial charge in [0.05, 0.1) is 19.8 Å². The molecule has 0 aromatic carbocycles. The van der Waals surface area contributed by atoms with Crippen LogP contribution in [0.15, 0.2) is 0 Å². The highest BCUT2D eigenvalue weighted by Crippen LogP contribution is 2.40. The van der Waals surface area contributed by atoms with Gasteiger partial charge in [0, 0.05) is 0 Å². The molecular formula is C18H39O3P. The van der Waals surface area contributed by atoms with Gasteiger partial charge < -0.3 is 13.6 Å². The molecule has 0 aliphatic heterocycles. The van der Waals surface area contributed by atoms with Crippen molar-refractivity contribution in [2.24, 2.45) is 17.8 Å². The Balaban J connectivity index is 4.01. The fourth-order valence-corrected chi connectivity index (χ4v) is 2.70. The molecule has 0 spiro atoms.